The van der Waals surface area contributed by atoms with Crippen LogP contribution in [0.3, 0.4) is 0 Å². The number of carbonyl (C=O) groups is 2. The molecule has 1 atom stereocenters. The normalized spacial score (nSPS) is 11.8. The summed E-state index contributed by atoms with van der Waals surface area (Å²) in [6.07, 6.45) is 0.472. The summed E-state index contributed by atoms with van der Waals surface area (Å²) in [5, 5.41) is 3.04. The molecule has 35 heavy (non-hydrogen) atoms. The van der Waals surface area contributed by atoms with Crippen LogP contribution in [0.5, 0.6) is 0 Å². The summed E-state index contributed by atoms with van der Waals surface area (Å²) in [6, 6.07) is 25.8. The maximum atomic E-state index is 13.6. The minimum atomic E-state index is -0.590. The van der Waals surface area contributed by atoms with Crippen LogP contribution in [0.15, 0.2) is 78.9 Å². The van der Waals surface area contributed by atoms with Gasteiger partial charge in [-0.15, -0.1) is 11.8 Å². The number of nitrogens with one attached hydrogen (secondary N) is 1. The van der Waals surface area contributed by atoms with E-state index in [9.17, 15) is 9.59 Å². The molecule has 0 unspecified atom stereocenters. The monoisotopic (exact) mass is 488 g/mol. The molecule has 0 saturated heterocycles. The summed E-state index contributed by atoms with van der Waals surface area (Å²) >= 11 is 1.59. The van der Waals surface area contributed by atoms with Crippen molar-refractivity contribution < 1.29 is 9.59 Å². The van der Waals surface area contributed by atoms with Gasteiger partial charge in [-0.3, -0.25) is 9.59 Å². The van der Waals surface area contributed by atoms with Crippen molar-refractivity contribution in [1.29, 1.82) is 0 Å². The molecule has 0 aliphatic carbocycles. The highest BCUT2D eigenvalue weighted by Gasteiger charge is 2.30. The van der Waals surface area contributed by atoms with Gasteiger partial charge in [-0.25, -0.2) is 0 Å². The molecular weight excluding hydrogens is 452 g/mol. The van der Waals surface area contributed by atoms with Crippen molar-refractivity contribution >= 4 is 23.6 Å². The molecule has 0 radical (unpaired) electrons. The van der Waals surface area contributed by atoms with Gasteiger partial charge in [0.25, 0.3) is 0 Å². The second-order valence-corrected chi connectivity index (χ2v) is 10.3. The summed E-state index contributed by atoms with van der Waals surface area (Å²) in [4.78, 5) is 28.8. The van der Waals surface area contributed by atoms with Crippen molar-refractivity contribution in [2.45, 2.75) is 58.5 Å². The Morgan fingerprint density at radius 1 is 0.829 bits per heavy atom. The molecule has 1 N–H and O–H groups in total. The van der Waals surface area contributed by atoms with Gasteiger partial charge in [-0.2, -0.15) is 0 Å². The van der Waals surface area contributed by atoms with Crippen LogP contribution in [0, 0.1) is 13.8 Å². The van der Waals surface area contributed by atoms with Crippen molar-refractivity contribution in [3.05, 3.63) is 107 Å². The number of nitrogens with zero attached hydrogens (tertiary/aromatic N) is 1. The predicted octanol–water partition coefficient (Wildman–Crippen LogP) is 5.70. The van der Waals surface area contributed by atoms with Gasteiger partial charge in [0.05, 0.1) is 5.75 Å². The fourth-order valence-electron chi connectivity index (χ4n) is 4.08. The molecule has 2 amide bonds. The molecule has 0 bridgehead atoms. The van der Waals surface area contributed by atoms with E-state index in [1.54, 1.807) is 16.7 Å². The molecule has 0 saturated carbocycles. The predicted molar refractivity (Wildman–Crippen MR) is 146 cm³/mol. The third-order valence-electron chi connectivity index (χ3n) is 5.71. The Hall–Kier alpha value is -3.05. The fourth-order valence-corrected chi connectivity index (χ4v) is 4.94. The quantitative estimate of drug-likeness (QED) is 0.377. The third-order valence-corrected chi connectivity index (χ3v) is 6.70. The SMILES string of the molecule is Cc1cccc(CSCC(=O)N(Cc2cccc(C)c2)[C@H](Cc2ccccc2)C(=O)NC(C)C)c1. The number of rotatable bonds is 11. The maximum Gasteiger partial charge on any atom is 0.243 e. The van der Waals surface area contributed by atoms with E-state index < -0.39 is 6.04 Å². The van der Waals surface area contributed by atoms with Crippen LogP contribution in [0.25, 0.3) is 0 Å². The highest BCUT2D eigenvalue weighted by atomic mass is 32.2. The molecule has 0 aliphatic rings. The van der Waals surface area contributed by atoms with Gasteiger partial charge in [-0.1, -0.05) is 90.0 Å². The Morgan fingerprint density at radius 2 is 1.43 bits per heavy atom. The lowest BCUT2D eigenvalue weighted by Gasteiger charge is -2.32. The molecule has 0 aromatic heterocycles. The van der Waals surface area contributed by atoms with E-state index in [1.165, 1.54) is 11.1 Å². The van der Waals surface area contributed by atoms with Crippen molar-refractivity contribution in [1.82, 2.24) is 10.2 Å². The Balaban J connectivity index is 1.84. The van der Waals surface area contributed by atoms with Crippen LogP contribution >= 0.6 is 11.8 Å². The Bertz CT molecular complexity index is 1110. The van der Waals surface area contributed by atoms with Crippen LogP contribution in [0.2, 0.25) is 0 Å². The molecular formula is C30H36N2O2S. The average molecular weight is 489 g/mol. The second-order valence-electron chi connectivity index (χ2n) is 9.36. The molecule has 5 heteroatoms. The summed E-state index contributed by atoms with van der Waals surface area (Å²) in [7, 11) is 0. The molecule has 0 aliphatic heterocycles. The molecule has 4 nitrogen and oxygen atoms in total. The summed E-state index contributed by atoms with van der Waals surface area (Å²) < 4.78 is 0. The third kappa shape index (κ3) is 8.59. The standard InChI is InChI=1S/C30H36N2O2S/c1-22(2)31-30(34)28(18-25-12-6-5-7-13-25)32(19-26-14-8-10-23(3)16-26)29(33)21-35-20-27-15-9-11-24(4)17-27/h5-17,22,28H,18-21H2,1-4H3,(H,31,34)/t28-/m1/s1. The summed E-state index contributed by atoms with van der Waals surface area (Å²) in [5.41, 5.74) is 5.61. The Morgan fingerprint density at radius 3 is 2.06 bits per heavy atom. The van der Waals surface area contributed by atoms with Crippen LogP contribution in [0.4, 0.5) is 0 Å². The second kappa shape index (κ2) is 13.1. The first-order valence-electron chi connectivity index (χ1n) is 12.1. The van der Waals surface area contributed by atoms with Crippen LogP contribution in [-0.2, 0) is 28.3 Å². The first-order chi connectivity index (χ1) is 16.8. The number of hydrogen-bond acceptors (Lipinski definition) is 3. The first kappa shape index (κ1) is 26.6. The molecule has 3 aromatic carbocycles. The minimum absolute atomic E-state index is 0.00705. The Kier molecular flexibility index (Phi) is 9.98. The van der Waals surface area contributed by atoms with E-state index >= 15 is 0 Å². The van der Waals surface area contributed by atoms with Gasteiger partial charge in [0, 0.05) is 24.8 Å². The topological polar surface area (TPSA) is 49.4 Å². The zero-order chi connectivity index (χ0) is 25.2. The molecule has 0 spiro atoms. The molecule has 0 fully saturated rings. The summed E-state index contributed by atoms with van der Waals surface area (Å²) in [5.74, 6) is 0.935. The van der Waals surface area contributed by atoms with Gasteiger partial charge in [-0.05, 0) is 44.4 Å². The minimum Gasteiger partial charge on any atom is -0.352 e. The number of carbonyl (C=O) groups excluding carboxylic acids is 2. The summed E-state index contributed by atoms with van der Waals surface area (Å²) in [6.45, 7) is 8.41. The van der Waals surface area contributed by atoms with Crippen molar-refractivity contribution in [2.75, 3.05) is 5.75 Å². The lowest BCUT2D eigenvalue weighted by Crippen LogP contribution is -2.52. The van der Waals surface area contributed by atoms with E-state index in [0.29, 0.717) is 18.7 Å². The van der Waals surface area contributed by atoms with E-state index in [-0.39, 0.29) is 17.9 Å². The highest BCUT2D eigenvalue weighted by Crippen LogP contribution is 2.19. The van der Waals surface area contributed by atoms with Gasteiger partial charge in [0.2, 0.25) is 11.8 Å². The molecule has 0 heterocycles. The van der Waals surface area contributed by atoms with Crippen molar-refractivity contribution in [3.63, 3.8) is 0 Å². The van der Waals surface area contributed by atoms with Crippen molar-refractivity contribution in [3.8, 4) is 0 Å². The Labute approximate surface area is 214 Å². The van der Waals surface area contributed by atoms with Crippen LogP contribution in [-0.4, -0.2) is 34.6 Å². The lowest BCUT2D eigenvalue weighted by molar-refractivity contribution is -0.139. The number of hydrogen-bond donors (Lipinski definition) is 1. The number of benzene rings is 3. The van der Waals surface area contributed by atoms with Crippen LogP contribution in [0.1, 0.15) is 41.7 Å². The van der Waals surface area contributed by atoms with Gasteiger partial charge in [0.1, 0.15) is 6.04 Å². The van der Waals surface area contributed by atoms with Gasteiger partial charge >= 0.3 is 0 Å². The highest BCUT2D eigenvalue weighted by molar-refractivity contribution is 7.99. The number of thioether (sulfide) groups is 1. The first-order valence-corrected chi connectivity index (χ1v) is 13.3. The maximum absolute atomic E-state index is 13.6. The van der Waals surface area contributed by atoms with Gasteiger partial charge in [0.15, 0.2) is 0 Å². The fraction of sp³-hybridized carbons (Fsp3) is 0.333. The van der Waals surface area contributed by atoms with E-state index in [1.807, 2.05) is 75.4 Å². The van der Waals surface area contributed by atoms with Crippen molar-refractivity contribution in [2.24, 2.45) is 0 Å². The largest absolute Gasteiger partial charge is 0.352 e. The van der Waals surface area contributed by atoms with Gasteiger partial charge < -0.3 is 10.2 Å². The van der Waals surface area contributed by atoms with E-state index in [0.717, 1.165) is 22.4 Å². The number of amides is 2. The van der Waals surface area contributed by atoms with E-state index in [2.05, 4.69) is 36.5 Å². The number of aryl methyl sites for hydroxylation is 2. The van der Waals surface area contributed by atoms with Crippen LogP contribution < -0.4 is 5.32 Å². The molecule has 3 aromatic rings. The lowest BCUT2D eigenvalue weighted by atomic mass is 10.0. The molecule has 3 rings (SSSR count). The average Bonchev–Trinajstić information content (AvgIpc) is 2.81. The molecule has 184 valence electrons. The zero-order valence-electron chi connectivity index (χ0n) is 21.2. The smallest absolute Gasteiger partial charge is 0.243 e. The zero-order valence-corrected chi connectivity index (χ0v) is 22.0. The van der Waals surface area contributed by atoms with E-state index in [4.69, 9.17) is 0 Å².